The van der Waals surface area contributed by atoms with Crippen LogP contribution in [0.15, 0.2) is 71.9 Å². The number of halogens is 4. The van der Waals surface area contributed by atoms with Crippen molar-refractivity contribution in [2.24, 2.45) is 7.05 Å². The number of alkyl halides is 3. The van der Waals surface area contributed by atoms with E-state index in [0.29, 0.717) is 41.9 Å². The van der Waals surface area contributed by atoms with E-state index in [2.05, 4.69) is 25.5 Å². The minimum atomic E-state index is -4.62. The predicted octanol–water partition coefficient (Wildman–Crippen LogP) is 5.45. The highest BCUT2D eigenvalue weighted by atomic mass is 35.5. The number of hydrogen-bond donors (Lipinski definition) is 2. The number of aryl methyl sites for hydroxylation is 1. The topological polar surface area (TPSA) is 165 Å². The molecule has 6 aromatic rings. The van der Waals surface area contributed by atoms with Gasteiger partial charge < -0.3 is 19.9 Å². The first-order valence-electron chi connectivity index (χ1n) is 17.3. The van der Waals surface area contributed by atoms with Crippen LogP contribution in [0.25, 0.3) is 28.6 Å². The number of benzene rings is 2. The molecule has 0 unspecified atom stereocenters. The van der Waals surface area contributed by atoms with E-state index in [1.165, 1.54) is 29.2 Å². The Labute approximate surface area is 315 Å². The van der Waals surface area contributed by atoms with Crippen molar-refractivity contribution in [1.29, 1.82) is 0 Å². The number of amides is 2. The number of hydrogen-bond acceptors (Lipinski definition) is 9. The van der Waals surface area contributed by atoms with Gasteiger partial charge in [0.15, 0.2) is 17.3 Å². The third-order valence-corrected chi connectivity index (χ3v) is 10.8. The van der Waals surface area contributed by atoms with E-state index in [-0.39, 0.29) is 59.3 Å². The number of piperidine rings is 1. The lowest BCUT2D eigenvalue weighted by Crippen LogP contribution is -2.46. The van der Waals surface area contributed by atoms with Crippen molar-refractivity contribution in [2.45, 2.75) is 50.2 Å². The molecule has 55 heavy (non-hydrogen) atoms. The number of aromatic hydroxyl groups is 1. The molecule has 4 aromatic heterocycles. The zero-order valence-electron chi connectivity index (χ0n) is 29.4. The van der Waals surface area contributed by atoms with Gasteiger partial charge in [-0.25, -0.2) is 14.6 Å². The van der Waals surface area contributed by atoms with Crippen molar-refractivity contribution >= 4 is 34.9 Å². The number of pyridine rings is 1. The van der Waals surface area contributed by atoms with Gasteiger partial charge in [-0.1, -0.05) is 42.8 Å². The van der Waals surface area contributed by atoms with Crippen LogP contribution in [0.1, 0.15) is 59.4 Å². The van der Waals surface area contributed by atoms with Gasteiger partial charge >= 0.3 is 6.18 Å². The average Bonchev–Trinajstić information content (AvgIpc) is 3.87. The SMILES string of the molecule is C[C@H]1CC2(CCN(C(=O)c3ncccc3O)CC2)c2c1n(CC(=O)Nc1ccc(C(F)(F)F)cc1Cl)c1nc(-c3ccc(-c4ncnn4C)cc3)nn1c2=O. The standard InChI is InChI=1S/C37H32ClF3N10O4/c1-20-17-36(11-14-49(15-12-36)34(55)29-26(52)4-3-13-42-29)28-30(20)50(18-27(53)45-25-10-9-23(16-24(25)38)37(39,40)41)35-46-31(47-51(35)33(28)54)21-5-7-22(8-6-21)32-43-19-44-48(32)2/h3-10,13,16,19-20,52H,11-12,14-15,17-18H2,1-2H3,(H,45,53)/t20-/m0/s1. The molecular formula is C37H32ClF3N10O4. The molecule has 1 spiro atoms. The first-order valence-corrected chi connectivity index (χ1v) is 17.7. The van der Waals surface area contributed by atoms with Crippen molar-refractivity contribution in [3.63, 3.8) is 0 Å². The van der Waals surface area contributed by atoms with Crippen molar-refractivity contribution in [3.8, 4) is 28.5 Å². The molecule has 18 heteroatoms. The second kappa shape index (κ2) is 13.3. The minimum absolute atomic E-state index is 0.0148. The maximum Gasteiger partial charge on any atom is 0.416 e. The molecule has 2 aromatic carbocycles. The molecule has 1 aliphatic heterocycles. The molecule has 1 atom stereocenters. The van der Waals surface area contributed by atoms with Crippen LogP contribution in [-0.2, 0) is 30.0 Å². The van der Waals surface area contributed by atoms with Gasteiger partial charge in [0.2, 0.25) is 11.7 Å². The maximum absolute atomic E-state index is 14.6. The summed E-state index contributed by atoms with van der Waals surface area (Å²) in [6, 6.07) is 12.8. The molecule has 2 aliphatic rings. The van der Waals surface area contributed by atoms with Gasteiger partial charge in [-0.15, -0.1) is 5.10 Å². The average molecular weight is 773 g/mol. The summed E-state index contributed by atoms with van der Waals surface area (Å²) >= 11 is 6.17. The van der Waals surface area contributed by atoms with Crippen LogP contribution in [0.4, 0.5) is 18.9 Å². The Bertz CT molecular complexity index is 2560. The highest BCUT2D eigenvalue weighted by molar-refractivity contribution is 6.33. The number of fused-ring (bicyclic) bond motifs is 3. The minimum Gasteiger partial charge on any atom is -0.505 e. The first kappa shape index (κ1) is 35.9. The zero-order chi connectivity index (χ0) is 38.8. The normalized spacial score (nSPS) is 16.5. The van der Waals surface area contributed by atoms with E-state index >= 15 is 0 Å². The van der Waals surface area contributed by atoms with Crippen molar-refractivity contribution in [3.05, 3.63) is 105 Å². The first-order chi connectivity index (χ1) is 26.2. The van der Waals surface area contributed by atoms with E-state index in [4.69, 9.17) is 16.6 Å². The monoisotopic (exact) mass is 772 g/mol. The molecule has 2 amide bonds. The van der Waals surface area contributed by atoms with Gasteiger partial charge in [0.25, 0.3) is 11.5 Å². The van der Waals surface area contributed by atoms with E-state index in [1.54, 1.807) is 33.3 Å². The summed E-state index contributed by atoms with van der Waals surface area (Å²) in [7, 11) is 1.77. The molecule has 2 N–H and O–H groups in total. The molecule has 0 saturated carbocycles. The molecule has 0 bridgehead atoms. The summed E-state index contributed by atoms with van der Waals surface area (Å²) in [5.74, 6) is -0.516. The van der Waals surface area contributed by atoms with Crippen molar-refractivity contribution in [2.75, 3.05) is 18.4 Å². The van der Waals surface area contributed by atoms with Crippen molar-refractivity contribution in [1.82, 2.24) is 43.8 Å². The van der Waals surface area contributed by atoms with E-state index in [0.717, 1.165) is 23.8 Å². The van der Waals surface area contributed by atoms with Crippen molar-refractivity contribution < 1.29 is 27.9 Å². The zero-order valence-corrected chi connectivity index (χ0v) is 30.1. The lowest BCUT2D eigenvalue weighted by atomic mass is 9.73. The number of carbonyl (C=O) groups excluding carboxylic acids is 2. The lowest BCUT2D eigenvalue weighted by Gasteiger charge is -2.39. The summed E-state index contributed by atoms with van der Waals surface area (Å²) in [6.45, 7) is 2.16. The molecule has 5 heterocycles. The summed E-state index contributed by atoms with van der Waals surface area (Å²) in [5, 5.41) is 21.3. The fourth-order valence-electron chi connectivity index (χ4n) is 7.90. The van der Waals surface area contributed by atoms with Crippen LogP contribution < -0.4 is 10.9 Å². The molecule has 1 aliphatic carbocycles. The summed E-state index contributed by atoms with van der Waals surface area (Å²) in [6.07, 6.45) is -0.356. The van der Waals surface area contributed by atoms with Crippen LogP contribution in [0.2, 0.25) is 5.02 Å². The molecular weight excluding hydrogens is 741 g/mol. The second-order valence-electron chi connectivity index (χ2n) is 13.9. The van der Waals surface area contributed by atoms with Gasteiger partial charge in [-0.05, 0) is 55.5 Å². The van der Waals surface area contributed by atoms with Crippen LogP contribution >= 0.6 is 11.6 Å². The Morgan fingerprint density at radius 2 is 1.78 bits per heavy atom. The van der Waals surface area contributed by atoms with Gasteiger partial charge in [0.1, 0.15) is 18.6 Å². The van der Waals surface area contributed by atoms with Gasteiger partial charge in [-0.3, -0.25) is 14.4 Å². The van der Waals surface area contributed by atoms with Gasteiger partial charge in [0.05, 0.1) is 16.3 Å². The van der Waals surface area contributed by atoms with Crippen LogP contribution in [0.5, 0.6) is 5.75 Å². The molecule has 0 radical (unpaired) electrons. The third-order valence-electron chi connectivity index (χ3n) is 10.5. The summed E-state index contributed by atoms with van der Waals surface area (Å²) in [5.41, 5.74) is 0.341. The molecule has 14 nitrogen and oxygen atoms in total. The fourth-order valence-corrected chi connectivity index (χ4v) is 8.13. The molecule has 1 fully saturated rings. The highest BCUT2D eigenvalue weighted by Gasteiger charge is 2.49. The Morgan fingerprint density at radius 3 is 2.44 bits per heavy atom. The van der Waals surface area contributed by atoms with Crippen LogP contribution in [0.3, 0.4) is 0 Å². The summed E-state index contributed by atoms with van der Waals surface area (Å²) < 4.78 is 44.3. The van der Waals surface area contributed by atoms with Gasteiger partial charge in [0, 0.05) is 54.1 Å². The number of anilines is 1. The van der Waals surface area contributed by atoms with E-state index in [1.807, 2.05) is 19.1 Å². The van der Waals surface area contributed by atoms with Crippen LogP contribution in [0, 0.1) is 0 Å². The second-order valence-corrected chi connectivity index (χ2v) is 14.3. The number of nitrogens with zero attached hydrogens (tertiary/aromatic N) is 9. The third kappa shape index (κ3) is 6.27. The Balaban J connectivity index is 1.18. The van der Waals surface area contributed by atoms with E-state index in [9.17, 15) is 32.7 Å². The molecule has 282 valence electrons. The highest BCUT2D eigenvalue weighted by Crippen LogP contribution is 2.50. The smallest absolute Gasteiger partial charge is 0.416 e. The number of carbonyl (C=O) groups is 2. The molecule has 1 saturated heterocycles. The number of nitrogens with one attached hydrogen (secondary N) is 1. The summed E-state index contributed by atoms with van der Waals surface area (Å²) in [4.78, 5) is 56.4. The Hall–Kier alpha value is -6.10. The Kier molecular flexibility index (Phi) is 8.70. The predicted molar refractivity (Wildman–Crippen MR) is 194 cm³/mol. The largest absolute Gasteiger partial charge is 0.505 e. The quantitative estimate of drug-likeness (QED) is 0.224. The number of likely N-dealkylation sites (tertiary alicyclic amines) is 1. The lowest BCUT2D eigenvalue weighted by molar-refractivity contribution is -0.137. The number of rotatable bonds is 6. The Morgan fingerprint density at radius 1 is 1.05 bits per heavy atom. The van der Waals surface area contributed by atoms with E-state index < -0.39 is 34.5 Å². The van der Waals surface area contributed by atoms with Gasteiger partial charge in [-0.2, -0.15) is 27.8 Å². The number of aromatic nitrogens is 8. The van der Waals surface area contributed by atoms with Crippen LogP contribution in [-0.4, -0.2) is 73.8 Å². The maximum atomic E-state index is 14.6. The molecule has 8 rings (SSSR count). The fraction of sp³-hybridized carbons (Fsp3) is 0.297.